The van der Waals surface area contributed by atoms with Crippen molar-refractivity contribution in [2.24, 2.45) is 5.92 Å². The molecule has 98 valence electrons. The lowest BCUT2D eigenvalue weighted by Crippen LogP contribution is -2.35. The lowest BCUT2D eigenvalue weighted by atomic mass is 9.89. The van der Waals surface area contributed by atoms with Gasteiger partial charge in [-0.25, -0.2) is 0 Å². The summed E-state index contributed by atoms with van der Waals surface area (Å²) >= 11 is 0. The Hall–Kier alpha value is -0.340. The quantitative estimate of drug-likeness (QED) is 0.763. The molecule has 1 N–H and O–H groups in total. The number of allylic oxidation sites excluding steroid dienone is 1. The minimum absolute atomic E-state index is 0.181. The first-order valence-electron chi connectivity index (χ1n) is 7.36. The molecule has 0 spiro atoms. The molecule has 0 radical (unpaired) electrons. The van der Waals surface area contributed by atoms with Crippen LogP contribution in [0.15, 0.2) is 12.2 Å². The Morgan fingerprint density at radius 3 is 2.41 bits per heavy atom. The van der Waals surface area contributed by atoms with Gasteiger partial charge in [0.2, 0.25) is 0 Å². The average molecular weight is 237 g/mol. The van der Waals surface area contributed by atoms with E-state index in [-0.39, 0.29) is 6.10 Å². The zero-order valence-corrected chi connectivity index (χ0v) is 11.1. The van der Waals surface area contributed by atoms with Crippen molar-refractivity contribution in [3.63, 3.8) is 0 Å². The lowest BCUT2D eigenvalue weighted by molar-refractivity contribution is 0.168. The molecule has 0 aromatic heterocycles. The van der Waals surface area contributed by atoms with Gasteiger partial charge in [0.15, 0.2) is 0 Å². The van der Waals surface area contributed by atoms with E-state index in [0.717, 1.165) is 12.8 Å². The predicted molar refractivity (Wildman–Crippen MR) is 72.0 cm³/mol. The Bertz CT molecular complexity index is 243. The summed E-state index contributed by atoms with van der Waals surface area (Å²) in [5.74, 6) is 0.691. The molecule has 2 nitrogen and oxygen atoms in total. The summed E-state index contributed by atoms with van der Waals surface area (Å²) in [5.41, 5.74) is 0. The number of rotatable bonds is 3. The SMILES string of the molecule is CC(CC1C=CC(O)CC1)N1CCCCCC1. The van der Waals surface area contributed by atoms with Gasteiger partial charge in [0.05, 0.1) is 6.10 Å². The second-order valence-electron chi connectivity index (χ2n) is 5.82. The monoisotopic (exact) mass is 237 g/mol. The summed E-state index contributed by atoms with van der Waals surface area (Å²) in [6, 6.07) is 0.706. The average Bonchev–Trinajstić information content (AvgIpc) is 2.61. The molecule has 0 saturated carbocycles. The van der Waals surface area contributed by atoms with Crippen molar-refractivity contribution in [3.8, 4) is 0 Å². The minimum Gasteiger partial charge on any atom is -0.389 e. The van der Waals surface area contributed by atoms with Crippen LogP contribution in [0, 0.1) is 5.92 Å². The lowest BCUT2D eigenvalue weighted by Gasteiger charge is -2.31. The molecule has 2 aliphatic rings. The molecule has 1 aliphatic carbocycles. The molecule has 2 rings (SSSR count). The van der Waals surface area contributed by atoms with E-state index in [1.807, 2.05) is 6.08 Å². The number of hydrogen-bond acceptors (Lipinski definition) is 2. The number of likely N-dealkylation sites (tertiary alicyclic amines) is 1. The Labute approximate surface area is 106 Å². The van der Waals surface area contributed by atoms with Crippen LogP contribution in [0.5, 0.6) is 0 Å². The summed E-state index contributed by atoms with van der Waals surface area (Å²) in [4.78, 5) is 2.67. The van der Waals surface area contributed by atoms with E-state index in [2.05, 4.69) is 17.9 Å². The number of hydrogen-bond donors (Lipinski definition) is 1. The largest absolute Gasteiger partial charge is 0.389 e. The van der Waals surface area contributed by atoms with Crippen LogP contribution in [0.25, 0.3) is 0 Å². The van der Waals surface area contributed by atoms with Gasteiger partial charge < -0.3 is 10.0 Å². The maximum Gasteiger partial charge on any atom is 0.0721 e. The van der Waals surface area contributed by atoms with Gasteiger partial charge in [-0.05, 0) is 58.0 Å². The van der Waals surface area contributed by atoms with E-state index in [9.17, 15) is 5.11 Å². The summed E-state index contributed by atoms with van der Waals surface area (Å²) in [5, 5.41) is 9.45. The third-order valence-corrected chi connectivity index (χ3v) is 4.35. The summed E-state index contributed by atoms with van der Waals surface area (Å²) < 4.78 is 0. The standard InChI is InChI=1S/C15H27NO/c1-13(16-10-4-2-3-5-11-16)12-14-6-8-15(17)9-7-14/h6,8,13-15,17H,2-5,7,9-12H2,1H3. The molecule has 3 atom stereocenters. The van der Waals surface area contributed by atoms with Crippen LogP contribution < -0.4 is 0 Å². The van der Waals surface area contributed by atoms with Crippen LogP contribution in [0.2, 0.25) is 0 Å². The Kier molecular flexibility index (Phi) is 5.05. The number of aliphatic hydroxyl groups is 1. The summed E-state index contributed by atoms with van der Waals surface area (Å²) in [6.45, 7) is 4.96. The highest BCUT2D eigenvalue weighted by molar-refractivity contribution is 4.99. The molecular weight excluding hydrogens is 210 g/mol. The second-order valence-corrected chi connectivity index (χ2v) is 5.82. The van der Waals surface area contributed by atoms with Crippen LogP contribution >= 0.6 is 0 Å². The maximum atomic E-state index is 9.45. The molecule has 0 amide bonds. The van der Waals surface area contributed by atoms with Crippen molar-refractivity contribution in [1.82, 2.24) is 4.90 Å². The first-order chi connectivity index (χ1) is 8.25. The van der Waals surface area contributed by atoms with E-state index in [1.165, 1.54) is 45.2 Å². The highest BCUT2D eigenvalue weighted by atomic mass is 16.3. The van der Waals surface area contributed by atoms with Gasteiger partial charge in [-0.3, -0.25) is 0 Å². The van der Waals surface area contributed by atoms with E-state index in [0.29, 0.717) is 12.0 Å². The molecule has 0 aromatic carbocycles. The highest BCUT2D eigenvalue weighted by Gasteiger charge is 2.20. The molecule has 0 aromatic rings. The molecule has 1 heterocycles. The Morgan fingerprint density at radius 2 is 1.82 bits per heavy atom. The topological polar surface area (TPSA) is 23.5 Å². The molecule has 0 bridgehead atoms. The van der Waals surface area contributed by atoms with Crippen molar-refractivity contribution >= 4 is 0 Å². The zero-order chi connectivity index (χ0) is 12.1. The summed E-state index contributed by atoms with van der Waals surface area (Å²) in [7, 11) is 0. The van der Waals surface area contributed by atoms with Gasteiger partial charge in [-0.1, -0.05) is 25.0 Å². The second kappa shape index (κ2) is 6.55. The van der Waals surface area contributed by atoms with Crippen molar-refractivity contribution < 1.29 is 5.11 Å². The van der Waals surface area contributed by atoms with E-state index < -0.39 is 0 Å². The van der Waals surface area contributed by atoms with Crippen molar-refractivity contribution in [2.75, 3.05) is 13.1 Å². The van der Waals surface area contributed by atoms with E-state index in [1.54, 1.807) is 0 Å². The van der Waals surface area contributed by atoms with Crippen LogP contribution in [-0.2, 0) is 0 Å². The van der Waals surface area contributed by atoms with Gasteiger partial charge >= 0.3 is 0 Å². The molecule has 1 aliphatic heterocycles. The van der Waals surface area contributed by atoms with Crippen LogP contribution in [0.3, 0.4) is 0 Å². The van der Waals surface area contributed by atoms with Gasteiger partial charge in [-0.15, -0.1) is 0 Å². The zero-order valence-electron chi connectivity index (χ0n) is 11.1. The molecule has 2 heteroatoms. The molecule has 17 heavy (non-hydrogen) atoms. The molecule has 1 fully saturated rings. The fourth-order valence-corrected chi connectivity index (χ4v) is 3.18. The van der Waals surface area contributed by atoms with Crippen LogP contribution in [0.1, 0.15) is 51.9 Å². The van der Waals surface area contributed by atoms with Gasteiger partial charge in [0.1, 0.15) is 0 Å². The fourth-order valence-electron chi connectivity index (χ4n) is 3.18. The molecular formula is C15H27NO. The fraction of sp³-hybridized carbons (Fsp3) is 0.867. The number of aliphatic hydroxyl groups excluding tert-OH is 1. The van der Waals surface area contributed by atoms with Crippen LogP contribution in [-0.4, -0.2) is 35.2 Å². The molecule has 1 saturated heterocycles. The van der Waals surface area contributed by atoms with E-state index >= 15 is 0 Å². The Balaban J connectivity index is 1.79. The minimum atomic E-state index is -0.181. The normalized spacial score (nSPS) is 33.3. The van der Waals surface area contributed by atoms with Gasteiger partial charge in [-0.2, -0.15) is 0 Å². The third-order valence-electron chi connectivity index (χ3n) is 4.35. The third kappa shape index (κ3) is 4.11. The van der Waals surface area contributed by atoms with Crippen molar-refractivity contribution in [3.05, 3.63) is 12.2 Å². The smallest absolute Gasteiger partial charge is 0.0721 e. The van der Waals surface area contributed by atoms with Gasteiger partial charge in [0, 0.05) is 6.04 Å². The first kappa shape index (κ1) is 13.1. The number of nitrogens with zero attached hydrogens (tertiary/aromatic N) is 1. The van der Waals surface area contributed by atoms with Gasteiger partial charge in [0.25, 0.3) is 0 Å². The first-order valence-corrected chi connectivity index (χ1v) is 7.36. The van der Waals surface area contributed by atoms with Crippen molar-refractivity contribution in [1.29, 1.82) is 0 Å². The predicted octanol–water partition coefficient (Wildman–Crippen LogP) is 2.97. The van der Waals surface area contributed by atoms with Crippen molar-refractivity contribution in [2.45, 2.75) is 64.0 Å². The van der Waals surface area contributed by atoms with Crippen LogP contribution in [0.4, 0.5) is 0 Å². The highest BCUT2D eigenvalue weighted by Crippen LogP contribution is 2.24. The molecule has 3 unspecified atom stereocenters. The Morgan fingerprint density at radius 1 is 1.12 bits per heavy atom. The summed E-state index contributed by atoms with van der Waals surface area (Å²) in [6.07, 6.45) is 13.0. The maximum absolute atomic E-state index is 9.45. The van der Waals surface area contributed by atoms with E-state index in [4.69, 9.17) is 0 Å².